The minimum absolute atomic E-state index is 0.124. The van der Waals surface area contributed by atoms with E-state index >= 15 is 0 Å². The third-order valence-electron chi connectivity index (χ3n) is 4.46. The van der Waals surface area contributed by atoms with Crippen molar-refractivity contribution in [2.75, 3.05) is 5.32 Å². The molecule has 0 saturated heterocycles. The number of halogens is 1. The Balaban J connectivity index is 1.50. The first-order valence-corrected chi connectivity index (χ1v) is 10.00. The maximum absolute atomic E-state index is 13.0. The molecule has 1 N–H and O–H groups in total. The second-order valence-electron chi connectivity index (χ2n) is 6.81. The SMILES string of the molecule is Cc1cn2c(=O)cc(COc3cc(NC(=O)c4ccc(F)cc4)ccc3C)nc2s1. The van der Waals surface area contributed by atoms with Crippen LogP contribution in [-0.4, -0.2) is 15.3 Å². The number of hydrogen-bond donors (Lipinski definition) is 1. The molecule has 0 spiro atoms. The van der Waals surface area contributed by atoms with Crippen LogP contribution in [0.5, 0.6) is 5.75 Å². The molecule has 0 bridgehead atoms. The number of anilines is 1. The van der Waals surface area contributed by atoms with E-state index in [4.69, 9.17) is 4.74 Å². The van der Waals surface area contributed by atoms with Gasteiger partial charge in [-0.3, -0.25) is 14.0 Å². The van der Waals surface area contributed by atoms with E-state index in [1.54, 1.807) is 18.3 Å². The van der Waals surface area contributed by atoms with Crippen molar-refractivity contribution in [1.29, 1.82) is 0 Å². The molecule has 4 rings (SSSR count). The van der Waals surface area contributed by atoms with Gasteiger partial charge in [-0.05, 0) is 49.7 Å². The lowest BCUT2D eigenvalue weighted by molar-refractivity contribution is 0.102. The molecule has 0 saturated carbocycles. The van der Waals surface area contributed by atoms with Crippen molar-refractivity contribution in [3.8, 4) is 5.75 Å². The largest absolute Gasteiger partial charge is 0.487 e. The van der Waals surface area contributed by atoms with E-state index in [-0.39, 0.29) is 18.1 Å². The Morgan fingerprint density at radius 1 is 1.17 bits per heavy atom. The average Bonchev–Trinajstić information content (AvgIpc) is 3.09. The van der Waals surface area contributed by atoms with Crippen LogP contribution in [0.25, 0.3) is 4.96 Å². The van der Waals surface area contributed by atoms with Crippen LogP contribution in [0.4, 0.5) is 10.1 Å². The molecular weight excluding hydrogens is 405 g/mol. The van der Waals surface area contributed by atoms with Crippen molar-refractivity contribution in [2.45, 2.75) is 20.5 Å². The fourth-order valence-electron chi connectivity index (χ4n) is 2.92. The van der Waals surface area contributed by atoms with Crippen molar-refractivity contribution >= 4 is 27.9 Å². The molecule has 4 aromatic rings. The van der Waals surface area contributed by atoms with Gasteiger partial charge < -0.3 is 10.1 Å². The monoisotopic (exact) mass is 423 g/mol. The van der Waals surface area contributed by atoms with Gasteiger partial charge in [0.15, 0.2) is 4.96 Å². The number of fused-ring (bicyclic) bond motifs is 1. The number of aryl methyl sites for hydroxylation is 2. The van der Waals surface area contributed by atoms with E-state index < -0.39 is 5.82 Å². The topological polar surface area (TPSA) is 72.7 Å². The fraction of sp³-hybridized carbons (Fsp3) is 0.136. The van der Waals surface area contributed by atoms with Gasteiger partial charge in [-0.2, -0.15) is 0 Å². The van der Waals surface area contributed by atoms with Crippen molar-refractivity contribution < 1.29 is 13.9 Å². The molecule has 1 amide bonds. The summed E-state index contributed by atoms with van der Waals surface area (Å²) >= 11 is 1.44. The highest BCUT2D eigenvalue weighted by Gasteiger charge is 2.10. The zero-order chi connectivity index (χ0) is 21.3. The molecule has 2 aromatic heterocycles. The second kappa shape index (κ2) is 8.08. The Morgan fingerprint density at radius 3 is 2.70 bits per heavy atom. The third kappa shape index (κ3) is 4.23. The number of benzene rings is 2. The van der Waals surface area contributed by atoms with E-state index in [1.165, 1.54) is 46.1 Å². The molecular formula is C22H18FN3O3S. The van der Waals surface area contributed by atoms with Crippen LogP contribution >= 0.6 is 11.3 Å². The van der Waals surface area contributed by atoms with E-state index in [0.29, 0.717) is 27.7 Å². The average molecular weight is 423 g/mol. The van der Waals surface area contributed by atoms with Crippen LogP contribution in [0.15, 0.2) is 59.5 Å². The zero-order valence-corrected chi connectivity index (χ0v) is 17.1. The van der Waals surface area contributed by atoms with Crippen LogP contribution in [0.3, 0.4) is 0 Å². The Kier molecular flexibility index (Phi) is 5.33. The van der Waals surface area contributed by atoms with Crippen LogP contribution in [0, 0.1) is 19.7 Å². The lowest BCUT2D eigenvalue weighted by atomic mass is 10.1. The number of nitrogens with zero attached hydrogens (tertiary/aromatic N) is 2. The minimum Gasteiger partial charge on any atom is -0.487 e. The van der Waals surface area contributed by atoms with Gasteiger partial charge in [0.1, 0.15) is 18.2 Å². The smallest absolute Gasteiger partial charge is 0.258 e. The summed E-state index contributed by atoms with van der Waals surface area (Å²) in [5, 5.41) is 2.77. The predicted molar refractivity (Wildman–Crippen MR) is 114 cm³/mol. The Bertz CT molecular complexity index is 1300. The summed E-state index contributed by atoms with van der Waals surface area (Å²) in [4.78, 5) is 30.7. The summed E-state index contributed by atoms with van der Waals surface area (Å²) in [5.41, 5.74) is 2.15. The summed E-state index contributed by atoms with van der Waals surface area (Å²) in [6, 6.07) is 12.1. The Hall–Kier alpha value is -3.52. The van der Waals surface area contributed by atoms with Crippen LogP contribution < -0.4 is 15.6 Å². The number of amides is 1. The van der Waals surface area contributed by atoms with Gasteiger partial charge in [0.25, 0.3) is 11.5 Å². The van der Waals surface area contributed by atoms with Crippen molar-refractivity contribution in [3.63, 3.8) is 0 Å². The highest BCUT2D eigenvalue weighted by molar-refractivity contribution is 7.16. The van der Waals surface area contributed by atoms with Gasteiger partial charge in [0.05, 0.1) is 5.69 Å². The number of carbonyl (C=O) groups excluding carboxylic acids is 1. The maximum Gasteiger partial charge on any atom is 0.258 e. The molecule has 0 aliphatic heterocycles. The lowest BCUT2D eigenvalue weighted by Gasteiger charge is -2.12. The summed E-state index contributed by atoms with van der Waals surface area (Å²) in [6.45, 7) is 3.93. The minimum atomic E-state index is -0.401. The molecule has 0 unspecified atom stereocenters. The third-order valence-corrected chi connectivity index (χ3v) is 5.36. The Morgan fingerprint density at radius 2 is 1.93 bits per heavy atom. The molecule has 0 atom stereocenters. The number of hydrogen-bond acceptors (Lipinski definition) is 5. The molecule has 8 heteroatoms. The van der Waals surface area contributed by atoms with Crippen LogP contribution in [0.1, 0.15) is 26.5 Å². The summed E-state index contributed by atoms with van der Waals surface area (Å²) in [7, 11) is 0. The quantitative estimate of drug-likeness (QED) is 0.518. The fourth-order valence-corrected chi connectivity index (χ4v) is 3.77. The standard InChI is InChI=1S/C22H18FN3O3S/c1-13-3-8-17(24-21(28)15-4-6-16(23)7-5-15)9-19(13)29-12-18-10-20(27)26-11-14(2)30-22(26)25-18/h3-11H,12H2,1-2H3,(H,24,28). The molecule has 30 heavy (non-hydrogen) atoms. The molecule has 0 aliphatic rings. The number of rotatable bonds is 5. The normalized spacial score (nSPS) is 10.9. The molecule has 2 heterocycles. The Labute approximate surface area is 175 Å². The highest BCUT2D eigenvalue weighted by atomic mass is 32.1. The van der Waals surface area contributed by atoms with Gasteiger partial charge in [0, 0.05) is 34.5 Å². The van der Waals surface area contributed by atoms with Crippen molar-refractivity contribution in [1.82, 2.24) is 9.38 Å². The maximum atomic E-state index is 13.0. The molecule has 6 nitrogen and oxygen atoms in total. The summed E-state index contributed by atoms with van der Waals surface area (Å²) in [6.07, 6.45) is 1.76. The number of aromatic nitrogens is 2. The van der Waals surface area contributed by atoms with E-state index in [9.17, 15) is 14.0 Å². The second-order valence-corrected chi connectivity index (χ2v) is 8.02. The first kappa shape index (κ1) is 19.8. The number of nitrogens with one attached hydrogen (secondary N) is 1. The zero-order valence-electron chi connectivity index (χ0n) is 16.3. The summed E-state index contributed by atoms with van der Waals surface area (Å²) < 4.78 is 20.4. The number of thiazole rings is 1. The van der Waals surface area contributed by atoms with Crippen LogP contribution in [0.2, 0.25) is 0 Å². The number of ether oxygens (including phenoxy) is 1. The van der Waals surface area contributed by atoms with Crippen LogP contribution in [-0.2, 0) is 6.61 Å². The van der Waals surface area contributed by atoms with E-state index in [1.807, 2.05) is 19.9 Å². The van der Waals surface area contributed by atoms with Gasteiger partial charge >= 0.3 is 0 Å². The summed E-state index contributed by atoms with van der Waals surface area (Å²) in [5.74, 6) is -0.184. The van der Waals surface area contributed by atoms with Gasteiger partial charge in [0.2, 0.25) is 0 Å². The van der Waals surface area contributed by atoms with Crippen molar-refractivity contribution in [3.05, 3.63) is 92.6 Å². The first-order valence-electron chi connectivity index (χ1n) is 9.18. The predicted octanol–water partition coefficient (Wildman–Crippen LogP) is 4.34. The molecule has 0 fully saturated rings. The first-order chi connectivity index (χ1) is 14.4. The van der Waals surface area contributed by atoms with Gasteiger partial charge in [-0.25, -0.2) is 9.37 Å². The highest BCUT2D eigenvalue weighted by Crippen LogP contribution is 2.24. The number of carbonyl (C=O) groups is 1. The lowest BCUT2D eigenvalue weighted by Crippen LogP contribution is -2.14. The van der Waals surface area contributed by atoms with Crippen molar-refractivity contribution in [2.24, 2.45) is 0 Å². The van der Waals surface area contributed by atoms with E-state index in [2.05, 4.69) is 10.3 Å². The molecule has 2 aromatic carbocycles. The van der Waals surface area contributed by atoms with Gasteiger partial charge in [-0.1, -0.05) is 6.07 Å². The van der Waals surface area contributed by atoms with E-state index in [0.717, 1.165) is 10.4 Å². The molecule has 0 radical (unpaired) electrons. The molecule has 152 valence electrons. The van der Waals surface area contributed by atoms with Gasteiger partial charge in [-0.15, -0.1) is 11.3 Å². The molecule has 0 aliphatic carbocycles.